The Balaban J connectivity index is 1.78. The number of carbonyl (C=O) groups excluding carboxylic acids is 1. The second kappa shape index (κ2) is 6.68. The van der Waals surface area contributed by atoms with E-state index in [2.05, 4.69) is 74.3 Å². The Morgan fingerprint density at radius 3 is 2.71 bits per heavy atom. The standard InChI is InChI=1S/C21H26N2O/c1-14(2)18-10-7-8-15(3)21(18)22-20(24)13-23-16(4)12-17-9-5-6-11-19(17)23/h5-11,14,16H,12-13H2,1-4H3,(H,22,24). The van der Waals surface area contributed by atoms with E-state index < -0.39 is 0 Å². The molecule has 1 N–H and O–H groups in total. The smallest absolute Gasteiger partial charge is 0.243 e. The summed E-state index contributed by atoms with van der Waals surface area (Å²) in [4.78, 5) is 14.9. The highest BCUT2D eigenvalue weighted by Crippen LogP contribution is 2.32. The Bertz CT molecular complexity index is 751. The summed E-state index contributed by atoms with van der Waals surface area (Å²) >= 11 is 0. The number of aryl methyl sites for hydroxylation is 1. The van der Waals surface area contributed by atoms with Gasteiger partial charge in [0, 0.05) is 17.4 Å². The highest BCUT2D eigenvalue weighted by atomic mass is 16.2. The molecule has 1 aliphatic rings. The summed E-state index contributed by atoms with van der Waals surface area (Å²) in [5, 5.41) is 3.16. The Labute approximate surface area is 144 Å². The molecule has 0 bridgehead atoms. The van der Waals surface area contributed by atoms with Crippen molar-refractivity contribution in [1.82, 2.24) is 0 Å². The normalized spacial score (nSPS) is 16.4. The number of hydrogen-bond donors (Lipinski definition) is 1. The van der Waals surface area contributed by atoms with Gasteiger partial charge in [0.25, 0.3) is 0 Å². The second-order valence-electron chi connectivity index (χ2n) is 7.05. The monoisotopic (exact) mass is 322 g/mol. The predicted octanol–water partition coefficient (Wildman–Crippen LogP) is 4.51. The van der Waals surface area contributed by atoms with E-state index in [1.165, 1.54) is 16.8 Å². The van der Waals surface area contributed by atoms with Crippen LogP contribution in [0.15, 0.2) is 42.5 Å². The highest BCUT2D eigenvalue weighted by Gasteiger charge is 2.27. The first-order valence-corrected chi connectivity index (χ1v) is 8.71. The lowest BCUT2D eigenvalue weighted by Gasteiger charge is -2.25. The molecule has 126 valence electrons. The molecule has 0 radical (unpaired) electrons. The molecule has 0 aliphatic carbocycles. The van der Waals surface area contributed by atoms with Gasteiger partial charge in [-0.15, -0.1) is 0 Å². The number of rotatable bonds is 4. The lowest BCUT2D eigenvalue weighted by atomic mass is 9.98. The SMILES string of the molecule is Cc1cccc(C(C)C)c1NC(=O)CN1c2ccccc2CC1C. The fourth-order valence-electron chi connectivity index (χ4n) is 3.55. The molecular weight excluding hydrogens is 296 g/mol. The molecular formula is C21H26N2O. The molecule has 1 amide bonds. The van der Waals surface area contributed by atoms with Gasteiger partial charge >= 0.3 is 0 Å². The van der Waals surface area contributed by atoms with Gasteiger partial charge in [0.15, 0.2) is 0 Å². The number of amides is 1. The molecule has 1 heterocycles. The minimum absolute atomic E-state index is 0.0507. The molecule has 3 heteroatoms. The van der Waals surface area contributed by atoms with Crippen molar-refractivity contribution in [3.63, 3.8) is 0 Å². The van der Waals surface area contributed by atoms with Crippen LogP contribution in [0.25, 0.3) is 0 Å². The molecule has 3 rings (SSSR count). The van der Waals surface area contributed by atoms with Crippen LogP contribution in [0.4, 0.5) is 11.4 Å². The Morgan fingerprint density at radius 1 is 1.21 bits per heavy atom. The van der Waals surface area contributed by atoms with Gasteiger partial charge in [0.1, 0.15) is 0 Å². The molecule has 0 saturated carbocycles. The largest absolute Gasteiger partial charge is 0.359 e. The highest BCUT2D eigenvalue weighted by molar-refractivity contribution is 5.96. The van der Waals surface area contributed by atoms with Crippen molar-refractivity contribution in [2.75, 3.05) is 16.8 Å². The van der Waals surface area contributed by atoms with Crippen molar-refractivity contribution in [2.24, 2.45) is 0 Å². The predicted molar refractivity (Wildman–Crippen MR) is 101 cm³/mol. The third kappa shape index (κ3) is 3.16. The molecule has 2 aromatic carbocycles. The van der Waals surface area contributed by atoms with Crippen molar-refractivity contribution >= 4 is 17.3 Å². The van der Waals surface area contributed by atoms with Crippen LogP contribution < -0.4 is 10.2 Å². The number of benzene rings is 2. The van der Waals surface area contributed by atoms with E-state index in [0.29, 0.717) is 18.5 Å². The summed E-state index contributed by atoms with van der Waals surface area (Å²) in [5.41, 5.74) is 5.80. The lowest BCUT2D eigenvalue weighted by molar-refractivity contribution is -0.115. The van der Waals surface area contributed by atoms with Crippen LogP contribution in [0.1, 0.15) is 43.4 Å². The van der Waals surface area contributed by atoms with Gasteiger partial charge in [-0.1, -0.05) is 50.2 Å². The molecule has 0 saturated heterocycles. The Morgan fingerprint density at radius 2 is 1.96 bits per heavy atom. The van der Waals surface area contributed by atoms with Gasteiger partial charge in [-0.25, -0.2) is 0 Å². The van der Waals surface area contributed by atoms with E-state index in [0.717, 1.165) is 17.7 Å². The van der Waals surface area contributed by atoms with Gasteiger partial charge in [0.05, 0.1) is 6.54 Å². The van der Waals surface area contributed by atoms with Crippen molar-refractivity contribution < 1.29 is 4.79 Å². The minimum Gasteiger partial charge on any atom is -0.359 e. The average Bonchev–Trinajstić information content (AvgIpc) is 2.85. The van der Waals surface area contributed by atoms with Crippen LogP contribution >= 0.6 is 0 Å². The summed E-state index contributed by atoms with van der Waals surface area (Å²) < 4.78 is 0. The van der Waals surface area contributed by atoms with Gasteiger partial charge in [-0.2, -0.15) is 0 Å². The lowest BCUT2D eigenvalue weighted by Crippen LogP contribution is -2.37. The minimum atomic E-state index is 0.0507. The fourth-order valence-corrected chi connectivity index (χ4v) is 3.55. The van der Waals surface area contributed by atoms with Crippen molar-refractivity contribution in [3.8, 4) is 0 Å². The van der Waals surface area contributed by atoms with Gasteiger partial charge in [0.2, 0.25) is 5.91 Å². The van der Waals surface area contributed by atoms with Crippen molar-refractivity contribution in [2.45, 2.75) is 46.1 Å². The summed E-state index contributed by atoms with van der Waals surface area (Å²) in [5.74, 6) is 0.432. The van der Waals surface area contributed by atoms with Crippen molar-refractivity contribution in [1.29, 1.82) is 0 Å². The van der Waals surface area contributed by atoms with Gasteiger partial charge in [-0.3, -0.25) is 4.79 Å². The molecule has 3 nitrogen and oxygen atoms in total. The van der Waals surface area contributed by atoms with Gasteiger partial charge < -0.3 is 10.2 Å². The summed E-state index contributed by atoms with van der Waals surface area (Å²) in [7, 11) is 0. The zero-order valence-electron chi connectivity index (χ0n) is 15.0. The molecule has 0 spiro atoms. The zero-order valence-corrected chi connectivity index (χ0v) is 15.0. The second-order valence-corrected chi connectivity index (χ2v) is 7.05. The third-order valence-electron chi connectivity index (χ3n) is 4.85. The van der Waals surface area contributed by atoms with Crippen LogP contribution in [0, 0.1) is 6.92 Å². The van der Waals surface area contributed by atoms with Crippen LogP contribution in [0.3, 0.4) is 0 Å². The number of fused-ring (bicyclic) bond motifs is 1. The quantitative estimate of drug-likeness (QED) is 0.898. The number of carbonyl (C=O) groups is 1. The van der Waals surface area contributed by atoms with Crippen LogP contribution in [0.2, 0.25) is 0 Å². The summed E-state index contributed by atoms with van der Waals surface area (Å²) in [6.45, 7) is 8.94. The van der Waals surface area contributed by atoms with E-state index in [9.17, 15) is 4.79 Å². The number of hydrogen-bond acceptors (Lipinski definition) is 2. The Hall–Kier alpha value is -2.29. The number of anilines is 2. The average molecular weight is 322 g/mol. The van der Waals surface area contributed by atoms with Crippen LogP contribution in [-0.2, 0) is 11.2 Å². The fraction of sp³-hybridized carbons (Fsp3) is 0.381. The molecule has 0 aromatic heterocycles. The molecule has 2 aromatic rings. The molecule has 24 heavy (non-hydrogen) atoms. The van der Waals surface area contributed by atoms with E-state index in [1.54, 1.807) is 0 Å². The molecule has 1 aliphatic heterocycles. The van der Waals surface area contributed by atoms with Gasteiger partial charge in [-0.05, 0) is 48.9 Å². The number of nitrogens with one attached hydrogen (secondary N) is 1. The van der Waals surface area contributed by atoms with E-state index in [1.807, 2.05) is 6.07 Å². The zero-order chi connectivity index (χ0) is 17.3. The maximum atomic E-state index is 12.7. The summed E-state index contributed by atoms with van der Waals surface area (Å²) in [6, 6.07) is 14.9. The summed E-state index contributed by atoms with van der Waals surface area (Å²) in [6.07, 6.45) is 1.01. The first kappa shape index (κ1) is 16.6. The van der Waals surface area contributed by atoms with Crippen molar-refractivity contribution in [3.05, 3.63) is 59.2 Å². The molecule has 1 atom stereocenters. The van der Waals surface area contributed by atoms with E-state index in [-0.39, 0.29) is 5.91 Å². The third-order valence-corrected chi connectivity index (χ3v) is 4.85. The molecule has 0 fully saturated rings. The maximum Gasteiger partial charge on any atom is 0.243 e. The van der Waals surface area contributed by atoms with E-state index in [4.69, 9.17) is 0 Å². The Kier molecular flexibility index (Phi) is 4.61. The van der Waals surface area contributed by atoms with E-state index >= 15 is 0 Å². The van der Waals surface area contributed by atoms with Crippen LogP contribution in [0.5, 0.6) is 0 Å². The first-order valence-electron chi connectivity index (χ1n) is 8.71. The molecule has 1 unspecified atom stereocenters. The number of para-hydroxylation sites is 2. The topological polar surface area (TPSA) is 32.3 Å². The first-order chi connectivity index (χ1) is 11.5. The number of nitrogens with zero attached hydrogens (tertiary/aromatic N) is 1. The maximum absolute atomic E-state index is 12.7. The van der Waals surface area contributed by atoms with Crippen LogP contribution in [-0.4, -0.2) is 18.5 Å².